The number of ether oxygens (including phenoxy) is 1. The maximum Gasteiger partial charge on any atom is 0.414 e. The first-order valence-electron chi connectivity index (χ1n) is 6.45. The average molecular weight is 481 g/mol. The zero-order valence-corrected chi connectivity index (χ0v) is 15.0. The summed E-state index contributed by atoms with van der Waals surface area (Å²) in [6.07, 6.45) is 0.960. The predicted molar refractivity (Wildman–Crippen MR) is 89.4 cm³/mol. The number of benzene rings is 1. The van der Waals surface area contributed by atoms with Crippen LogP contribution in [0.3, 0.4) is 0 Å². The molecule has 6 nitrogen and oxygen atoms in total. The fourth-order valence-electron chi connectivity index (χ4n) is 2.18. The Morgan fingerprint density at radius 1 is 1.50 bits per heavy atom. The normalized spacial score (nSPS) is 17.9. The lowest BCUT2D eigenvalue weighted by Gasteiger charge is -2.13. The Hall–Kier alpha value is -1.23. The lowest BCUT2D eigenvalue weighted by Crippen LogP contribution is -2.26. The zero-order valence-electron chi connectivity index (χ0n) is 11.2. The highest BCUT2D eigenvalue weighted by Gasteiger charge is 2.33. The van der Waals surface area contributed by atoms with Crippen molar-refractivity contribution in [2.75, 3.05) is 11.4 Å². The van der Waals surface area contributed by atoms with Crippen LogP contribution in [-0.2, 0) is 16.6 Å². The molecule has 1 aromatic carbocycles. The van der Waals surface area contributed by atoms with Crippen molar-refractivity contribution in [3.8, 4) is 0 Å². The van der Waals surface area contributed by atoms with Crippen molar-refractivity contribution in [3.05, 3.63) is 39.5 Å². The Labute approximate surface area is 147 Å². The molecule has 116 valence electrons. The zero-order chi connectivity index (χ0) is 15.7. The number of hydrogen-bond donors (Lipinski definition) is 0. The topological polar surface area (TPSA) is 60.3 Å². The van der Waals surface area contributed by atoms with Crippen LogP contribution in [0.4, 0.5) is 14.9 Å². The Morgan fingerprint density at radius 2 is 2.32 bits per heavy atom. The summed E-state index contributed by atoms with van der Waals surface area (Å²) < 4.78 is 21.1. The molecule has 0 unspecified atom stereocenters. The molecule has 2 heterocycles. The van der Waals surface area contributed by atoms with Crippen LogP contribution in [0.15, 0.2) is 24.4 Å². The minimum Gasteiger partial charge on any atom is -0.442 e. The Morgan fingerprint density at radius 3 is 3.00 bits per heavy atom. The molecule has 0 aliphatic carbocycles. The molecule has 3 rings (SSSR count). The van der Waals surface area contributed by atoms with E-state index in [1.807, 2.05) is 22.6 Å². The van der Waals surface area contributed by atoms with Crippen LogP contribution in [0.25, 0.3) is 0 Å². The number of hydrogen-bond acceptors (Lipinski definition) is 4. The van der Waals surface area contributed by atoms with Gasteiger partial charge in [-0.05, 0) is 40.8 Å². The predicted octanol–water partition coefficient (Wildman–Crippen LogP) is 2.94. The van der Waals surface area contributed by atoms with E-state index in [0.717, 1.165) is 5.69 Å². The molecular formula is C13H11BrFIN4O2. The smallest absolute Gasteiger partial charge is 0.414 e. The third-order valence-electron chi connectivity index (χ3n) is 3.20. The fourth-order valence-corrected chi connectivity index (χ4v) is 2.77. The van der Waals surface area contributed by atoms with Crippen LogP contribution in [0.2, 0.25) is 0 Å². The molecule has 0 saturated carbocycles. The second kappa shape index (κ2) is 6.49. The highest BCUT2D eigenvalue weighted by Crippen LogP contribution is 2.25. The van der Waals surface area contributed by atoms with E-state index in [9.17, 15) is 9.18 Å². The number of rotatable bonds is 4. The number of cyclic esters (lactones) is 1. The van der Waals surface area contributed by atoms with Gasteiger partial charge in [0.1, 0.15) is 11.9 Å². The van der Waals surface area contributed by atoms with Gasteiger partial charge in [0, 0.05) is 15.1 Å². The monoisotopic (exact) mass is 480 g/mol. The summed E-state index contributed by atoms with van der Waals surface area (Å²) in [5.74, 6) is -0.354. The number of alkyl halides is 1. The van der Waals surface area contributed by atoms with Gasteiger partial charge in [0.25, 0.3) is 0 Å². The van der Waals surface area contributed by atoms with Crippen molar-refractivity contribution in [2.24, 2.45) is 0 Å². The van der Waals surface area contributed by atoms with Gasteiger partial charge in [-0.1, -0.05) is 21.1 Å². The van der Waals surface area contributed by atoms with Crippen molar-refractivity contribution >= 4 is 50.3 Å². The highest BCUT2D eigenvalue weighted by atomic mass is 127. The third kappa shape index (κ3) is 3.24. The number of anilines is 1. The molecule has 1 amide bonds. The van der Waals surface area contributed by atoms with Crippen molar-refractivity contribution in [2.45, 2.75) is 18.0 Å². The van der Waals surface area contributed by atoms with Crippen LogP contribution >= 0.6 is 38.5 Å². The molecule has 1 aliphatic rings. The molecule has 22 heavy (non-hydrogen) atoms. The number of halogens is 3. The largest absolute Gasteiger partial charge is 0.442 e. The van der Waals surface area contributed by atoms with E-state index < -0.39 is 6.09 Å². The van der Waals surface area contributed by atoms with Crippen molar-refractivity contribution < 1.29 is 13.9 Å². The van der Waals surface area contributed by atoms with Gasteiger partial charge in [-0.15, -0.1) is 5.10 Å². The number of carbonyl (C=O) groups is 1. The molecule has 1 aliphatic heterocycles. The average Bonchev–Trinajstić information content (AvgIpc) is 3.09. The summed E-state index contributed by atoms with van der Waals surface area (Å²) in [6, 6.07) is 4.67. The van der Waals surface area contributed by atoms with Gasteiger partial charge in [0.15, 0.2) is 0 Å². The summed E-state index contributed by atoms with van der Waals surface area (Å²) in [5.41, 5.74) is 1.30. The quantitative estimate of drug-likeness (QED) is 0.498. The Kier molecular flexibility index (Phi) is 4.62. The third-order valence-corrected chi connectivity index (χ3v) is 4.65. The van der Waals surface area contributed by atoms with Crippen LogP contribution in [-0.4, -0.2) is 33.7 Å². The van der Waals surface area contributed by atoms with Crippen LogP contribution in [0, 0.1) is 9.39 Å². The molecule has 1 atom stereocenters. The number of amides is 1. The van der Waals surface area contributed by atoms with Crippen LogP contribution in [0.1, 0.15) is 5.69 Å². The molecule has 0 N–H and O–H groups in total. The number of carbonyl (C=O) groups excluding carboxylic acids is 1. The molecule has 1 saturated heterocycles. The van der Waals surface area contributed by atoms with E-state index in [4.69, 9.17) is 4.74 Å². The molecule has 2 aromatic rings. The summed E-state index contributed by atoms with van der Waals surface area (Å²) in [6.45, 7) is 0.761. The van der Waals surface area contributed by atoms with Gasteiger partial charge in [-0.25, -0.2) is 13.9 Å². The highest BCUT2D eigenvalue weighted by molar-refractivity contribution is 14.1. The summed E-state index contributed by atoms with van der Waals surface area (Å²) >= 11 is 5.20. The molecule has 9 heteroatoms. The van der Waals surface area contributed by atoms with Gasteiger partial charge in [-0.3, -0.25) is 4.90 Å². The molecule has 0 bridgehead atoms. The van der Waals surface area contributed by atoms with Crippen molar-refractivity contribution in [3.63, 3.8) is 0 Å². The van der Waals surface area contributed by atoms with Gasteiger partial charge in [-0.2, -0.15) is 0 Å². The molecule has 1 aromatic heterocycles. The van der Waals surface area contributed by atoms with Crippen LogP contribution in [0.5, 0.6) is 0 Å². The summed E-state index contributed by atoms with van der Waals surface area (Å²) in [5, 5.41) is 8.54. The van der Waals surface area contributed by atoms with E-state index in [2.05, 4.69) is 26.2 Å². The van der Waals surface area contributed by atoms with E-state index >= 15 is 0 Å². The SMILES string of the molecule is O=C1O[C@@H](Cn2cc(CBr)nn2)CN1c1ccc(I)c(F)c1. The fraction of sp³-hybridized carbons (Fsp3) is 0.308. The second-order valence-electron chi connectivity index (χ2n) is 4.78. The number of aromatic nitrogens is 3. The first kappa shape index (κ1) is 15.7. The number of nitrogens with zero attached hydrogens (tertiary/aromatic N) is 4. The van der Waals surface area contributed by atoms with E-state index in [1.165, 1.54) is 11.0 Å². The Bertz CT molecular complexity index is 711. The standard InChI is InChI=1S/C13H11BrFIN4O2/c14-4-8-5-19(18-17-8)6-10-7-20(13(21)22-10)9-1-2-12(16)11(15)3-9/h1-3,5,10H,4,6-7H2/t10-/m0/s1. The van der Waals surface area contributed by atoms with Crippen molar-refractivity contribution in [1.29, 1.82) is 0 Å². The molecule has 0 radical (unpaired) electrons. The first-order chi connectivity index (χ1) is 10.6. The van der Waals surface area contributed by atoms with Gasteiger partial charge in [0.05, 0.1) is 24.5 Å². The lowest BCUT2D eigenvalue weighted by atomic mass is 10.2. The molecular weight excluding hydrogens is 470 g/mol. The minimum absolute atomic E-state index is 0.347. The van der Waals surface area contributed by atoms with Gasteiger partial charge < -0.3 is 4.74 Å². The van der Waals surface area contributed by atoms with E-state index in [0.29, 0.717) is 27.7 Å². The van der Waals surface area contributed by atoms with E-state index in [1.54, 1.807) is 23.0 Å². The molecule has 0 spiro atoms. The molecule has 1 fully saturated rings. The minimum atomic E-state index is -0.480. The second-order valence-corrected chi connectivity index (χ2v) is 6.50. The van der Waals surface area contributed by atoms with Crippen molar-refractivity contribution in [1.82, 2.24) is 15.0 Å². The van der Waals surface area contributed by atoms with Gasteiger partial charge >= 0.3 is 6.09 Å². The first-order valence-corrected chi connectivity index (χ1v) is 8.65. The summed E-state index contributed by atoms with van der Waals surface area (Å²) in [7, 11) is 0. The maximum absolute atomic E-state index is 13.6. The maximum atomic E-state index is 13.6. The Balaban J connectivity index is 1.71. The lowest BCUT2D eigenvalue weighted by molar-refractivity contribution is 0.129. The van der Waals surface area contributed by atoms with E-state index in [-0.39, 0.29) is 11.9 Å². The van der Waals surface area contributed by atoms with Gasteiger partial charge in [0.2, 0.25) is 0 Å². The summed E-state index contributed by atoms with van der Waals surface area (Å²) in [4.78, 5) is 13.4. The van der Waals surface area contributed by atoms with Crippen LogP contribution < -0.4 is 4.90 Å².